The summed E-state index contributed by atoms with van der Waals surface area (Å²) >= 11 is 2.90. The average molecular weight is 276 g/mol. The fraction of sp³-hybridized carbons (Fsp3) is 0.125. The van der Waals surface area contributed by atoms with Gasteiger partial charge >= 0.3 is 11.7 Å². The molecule has 0 atom stereocenters. The Hall–Kier alpha value is -1.63. The summed E-state index contributed by atoms with van der Waals surface area (Å²) in [5, 5.41) is 28.8. The number of carboxylic acids is 1. The van der Waals surface area contributed by atoms with E-state index in [1.165, 1.54) is 13.0 Å². The van der Waals surface area contributed by atoms with Crippen molar-refractivity contribution in [3.63, 3.8) is 0 Å². The van der Waals surface area contributed by atoms with Crippen LogP contribution in [-0.2, 0) is 0 Å². The number of nitro benzene ring substituents is 1. The number of nitrogens with zero attached hydrogens (tertiary/aromatic N) is 1. The number of benzene rings is 1. The second-order valence-corrected chi connectivity index (χ2v) is 3.66. The number of aromatic hydroxyl groups is 1. The van der Waals surface area contributed by atoms with E-state index >= 15 is 0 Å². The van der Waals surface area contributed by atoms with Crippen molar-refractivity contribution >= 4 is 27.6 Å². The Morgan fingerprint density at radius 1 is 1.60 bits per heavy atom. The zero-order valence-corrected chi connectivity index (χ0v) is 9.11. The van der Waals surface area contributed by atoms with Gasteiger partial charge in [0.1, 0.15) is 5.56 Å². The first-order chi connectivity index (χ1) is 6.86. The minimum Gasteiger partial charge on any atom is -0.501 e. The highest BCUT2D eigenvalue weighted by Gasteiger charge is 2.28. The van der Waals surface area contributed by atoms with Crippen LogP contribution in [0.2, 0.25) is 0 Å². The zero-order valence-electron chi connectivity index (χ0n) is 7.52. The monoisotopic (exact) mass is 275 g/mol. The van der Waals surface area contributed by atoms with Crippen molar-refractivity contribution in [2.45, 2.75) is 6.92 Å². The molecule has 0 spiro atoms. The van der Waals surface area contributed by atoms with Crippen LogP contribution in [0, 0.1) is 17.0 Å². The van der Waals surface area contributed by atoms with Crippen molar-refractivity contribution in [3.8, 4) is 5.75 Å². The van der Waals surface area contributed by atoms with E-state index in [0.717, 1.165) is 0 Å². The number of carbonyl (C=O) groups is 1. The third-order valence-electron chi connectivity index (χ3n) is 1.82. The average Bonchev–Trinajstić information content (AvgIpc) is 2.09. The van der Waals surface area contributed by atoms with Crippen molar-refractivity contribution in [2.24, 2.45) is 0 Å². The lowest BCUT2D eigenvalue weighted by Crippen LogP contribution is -2.05. The second kappa shape index (κ2) is 3.85. The predicted molar refractivity (Wildman–Crippen MR) is 54.2 cm³/mol. The van der Waals surface area contributed by atoms with Gasteiger partial charge in [0.25, 0.3) is 0 Å². The van der Waals surface area contributed by atoms with Crippen LogP contribution < -0.4 is 0 Å². The first-order valence-electron chi connectivity index (χ1n) is 3.76. The summed E-state index contributed by atoms with van der Waals surface area (Å²) in [4.78, 5) is 20.5. The van der Waals surface area contributed by atoms with E-state index in [2.05, 4.69) is 15.9 Å². The third kappa shape index (κ3) is 1.91. The molecule has 1 aromatic carbocycles. The summed E-state index contributed by atoms with van der Waals surface area (Å²) in [6.45, 7) is 1.42. The molecule has 0 aliphatic heterocycles. The molecule has 0 radical (unpaired) electrons. The molecule has 80 valence electrons. The Morgan fingerprint density at radius 2 is 2.13 bits per heavy atom. The fourth-order valence-corrected chi connectivity index (χ4v) is 1.73. The lowest BCUT2D eigenvalue weighted by Gasteiger charge is -2.05. The molecule has 0 heterocycles. The number of carboxylic acid groups (broad SMARTS) is 1. The van der Waals surface area contributed by atoms with Gasteiger partial charge in [0.2, 0.25) is 5.75 Å². The molecule has 6 nitrogen and oxygen atoms in total. The number of phenolic OH excluding ortho intramolecular Hbond substituents is 1. The Labute approximate surface area is 92.4 Å². The lowest BCUT2D eigenvalue weighted by molar-refractivity contribution is -0.386. The molecule has 0 unspecified atom stereocenters. The van der Waals surface area contributed by atoms with E-state index in [0.29, 0.717) is 0 Å². The minimum absolute atomic E-state index is 0.0942. The van der Waals surface area contributed by atoms with Gasteiger partial charge in [-0.1, -0.05) is 0 Å². The maximum atomic E-state index is 10.8. The SMILES string of the molecule is Cc1cc(Br)c(O)c([N+](=O)[O-])c1C(=O)O. The van der Waals surface area contributed by atoms with Crippen LogP contribution in [0.5, 0.6) is 5.75 Å². The largest absolute Gasteiger partial charge is 0.501 e. The van der Waals surface area contributed by atoms with Crippen LogP contribution in [0.3, 0.4) is 0 Å². The first kappa shape index (κ1) is 11.4. The normalized spacial score (nSPS) is 10.0. The van der Waals surface area contributed by atoms with Crippen LogP contribution in [0.1, 0.15) is 15.9 Å². The molecular weight excluding hydrogens is 270 g/mol. The predicted octanol–water partition coefficient (Wildman–Crippen LogP) is 2.07. The highest BCUT2D eigenvalue weighted by atomic mass is 79.9. The topological polar surface area (TPSA) is 101 Å². The number of aryl methyl sites for hydroxylation is 1. The van der Waals surface area contributed by atoms with Crippen molar-refractivity contribution < 1.29 is 19.9 Å². The van der Waals surface area contributed by atoms with Crippen LogP contribution in [-0.4, -0.2) is 21.1 Å². The van der Waals surface area contributed by atoms with Gasteiger partial charge in [0.15, 0.2) is 0 Å². The summed E-state index contributed by atoms with van der Waals surface area (Å²) < 4.78 is 0.0942. The Bertz CT molecular complexity index is 457. The molecule has 0 fully saturated rings. The number of aromatic carboxylic acids is 1. The van der Waals surface area contributed by atoms with Crippen LogP contribution in [0.4, 0.5) is 5.69 Å². The Kier molecular flexibility index (Phi) is 2.94. The van der Waals surface area contributed by atoms with E-state index in [9.17, 15) is 20.0 Å². The molecular formula is C8H6BrNO5. The molecule has 15 heavy (non-hydrogen) atoms. The third-order valence-corrected chi connectivity index (χ3v) is 2.43. The molecule has 0 saturated heterocycles. The van der Waals surface area contributed by atoms with Gasteiger partial charge in [-0.3, -0.25) is 10.1 Å². The first-order valence-corrected chi connectivity index (χ1v) is 4.55. The summed E-state index contributed by atoms with van der Waals surface area (Å²) in [6, 6.07) is 1.31. The number of rotatable bonds is 2. The number of hydrogen-bond acceptors (Lipinski definition) is 4. The Morgan fingerprint density at radius 3 is 2.53 bits per heavy atom. The van der Waals surface area contributed by atoms with Gasteiger partial charge in [-0.05, 0) is 34.5 Å². The van der Waals surface area contributed by atoms with Gasteiger partial charge in [-0.25, -0.2) is 4.79 Å². The molecule has 0 bridgehead atoms. The van der Waals surface area contributed by atoms with Gasteiger partial charge in [-0.2, -0.15) is 0 Å². The highest BCUT2D eigenvalue weighted by molar-refractivity contribution is 9.10. The minimum atomic E-state index is -1.44. The van der Waals surface area contributed by atoms with E-state index < -0.39 is 27.9 Å². The number of hydrogen-bond donors (Lipinski definition) is 2. The molecule has 0 aromatic heterocycles. The van der Waals surface area contributed by atoms with Gasteiger partial charge in [0, 0.05) is 0 Å². The summed E-state index contributed by atoms with van der Waals surface area (Å²) in [7, 11) is 0. The summed E-state index contributed by atoms with van der Waals surface area (Å²) in [5.41, 5.74) is -1.09. The standard InChI is InChI=1S/C8H6BrNO5/c1-3-2-4(9)7(11)6(10(14)15)5(3)8(12)13/h2,11H,1H3,(H,12,13). The fourth-order valence-electron chi connectivity index (χ4n) is 1.20. The van der Waals surface area contributed by atoms with Gasteiger partial charge in [0.05, 0.1) is 9.40 Å². The second-order valence-electron chi connectivity index (χ2n) is 2.81. The number of nitro groups is 1. The maximum absolute atomic E-state index is 10.8. The summed E-state index contributed by atoms with van der Waals surface area (Å²) in [6.07, 6.45) is 0. The van der Waals surface area contributed by atoms with Crippen LogP contribution in [0.25, 0.3) is 0 Å². The molecule has 0 aliphatic carbocycles. The van der Waals surface area contributed by atoms with E-state index in [-0.39, 0.29) is 10.0 Å². The van der Waals surface area contributed by atoms with Crippen molar-refractivity contribution in [1.29, 1.82) is 0 Å². The van der Waals surface area contributed by atoms with Crippen molar-refractivity contribution in [2.75, 3.05) is 0 Å². The summed E-state index contributed by atoms with van der Waals surface area (Å²) in [5.74, 6) is -2.12. The molecule has 0 aliphatic rings. The van der Waals surface area contributed by atoms with Gasteiger partial charge < -0.3 is 10.2 Å². The maximum Gasteiger partial charge on any atom is 0.343 e. The quantitative estimate of drug-likeness (QED) is 0.636. The number of phenols is 1. The zero-order chi connectivity index (χ0) is 11.7. The highest BCUT2D eigenvalue weighted by Crippen LogP contribution is 2.38. The molecule has 0 saturated carbocycles. The Balaban J connectivity index is 3.69. The molecule has 1 rings (SSSR count). The lowest BCUT2D eigenvalue weighted by atomic mass is 10.1. The van der Waals surface area contributed by atoms with E-state index in [4.69, 9.17) is 5.11 Å². The number of halogens is 1. The van der Waals surface area contributed by atoms with E-state index in [1.54, 1.807) is 0 Å². The molecule has 7 heteroatoms. The van der Waals surface area contributed by atoms with E-state index in [1.807, 2.05) is 0 Å². The van der Waals surface area contributed by atoms with Crippen LogP contribution >= 0.6 is 15.9 Å². The molecule has 2 N–H and O–H groups in total. The molecule has 1 aromatic rings. The van der Waals surface area contributed by atoms with Crippen molar-refractivity contribution in [1.82, 2.24) is 0 Å². The van der Waals surface area contributed by atoms with Gasteiger partial charge in [-0.15, -0.1) is 0 Å². The van der Waals surface area contributed by atoms with Crippen molar-refractivity contribution in [3.05, 3.63) is 31.8 Å². The molecule has 0 amide bonds. The van der Waals surface area contributed by atoms with Crippen LogP contribution in [0.15, 0.2) is 10.5 Å². The smallest absolute Gasteiger partial charge is 0.343 e.